The molecule has 0 saturated heterocycles. The van der Waals surface area contributed by atoms with Crippen molar-refractivity contribution in [2.24, 2.45) is 10.2 Å². The molecule has 3 heteroatoms. The zero-order valence-corrected chi connectivity index (χ0v) is 10.2. The van der Waals surface area contributed by atoms with Gasteiger partial charge in [-0.05, 0) is 17.0 Å². The average molecular weight is 205 g/mol. The van der Waals surface area contributed by atoms with Gasteiger partial charge in [0, 0.05) is 11.8 Å². The lowest BCUT2D eigenvalue weighted by atomic mass is 9.87. The molecule has 2 heterocycles. The summed E-state index contributed by atoms with van der Waals surface area (Å²) in [7, 11) is 0. The van der Waals surface area contributed by atoms with Crippen LogP contribution in [0.15, 0.2) is 22.5 Å². The molecule has 0 atom stereocenters. The summed E-state index contributed by atoms with van der Waals surface area (Å²) in [5, 5.41) is 7.87. The van der Waals surface area contributed by atoms with Gasteiger partial charge < -0.3 is 0 Å². The lowest BCUT2D eigenvalue weighted by molar-refractivity contribution is 0.587. The molecule has 1 aromatic rings. The lowest BCUT2D eigenvalue weighted by Gasteiger charge is -2.18. The minimum Gasteiger partial charge on any atom is -0.235 e. The lowest BCUT2D eigenvalue weighted by Crippen LogP contribution is -2.11. The van der Waals surface area contributed by atoms with Gasteiger partial charge in [-0.15, -0.1) is 5.11 Å². The number of hydrogen-bond acceptors (Lipinski definition) is 3. The summed E-state index contributed by atoms with van der Waals surface area (Å²) >= 11 is 0. The van der Waals surface area contributed by atoms with Crippen molar-refractivity contribution in [2.45, 2.75) is 46.6 Å². The van der Waals surface area contributed by atoms with Crippen molar-refractivity contribution < 1.29 is 0 Å². The number of rotatable bonds is 0. The monoisotopic (exact) mass is 205 g/mol. The SMILES string of the molecule is CC.CC(C)(C)c1cnc2c(c1)CN=N2. The Bertz CT molecular complexity index is 362. The van der Waals surface area contributed by atoms with E-state index in [4.69, 9.17) is 0 Å². The second-order valence-corrected chi connectivity index (χ2v) is 4.36. The molecular weight excluding hydrogens is 186 g/mol. The molecule has 1 aliphatic heterocycles. The predicted octanol–water partition coefficient (Wildman–Crippen LogP) is 4.00. The van der Waals surface area contributed by atoms with Crippen LogP contribution in [-0.4, -0.2) is 4.98 Å². The summed E-state index contributed by atoms with van der Waals surface area (Å²) in [6, 6.07) is 2.16. The van der Waals surface area contributed by atoms with E-state index in [2.05, 4.69) is 42.1 Å². The standard InChI is InChI=1S/C10H13N3.C2H6/c1-10(2,3)8-4-7-5-12-13-9(7)11-6-8;1-2/h4,6H,5H2,1-3H3;1-2H3. The van der Waals surface area contributed by atoms with Gasteiger partial charge in [-0.3, -0.25) is 0 Å². The fourth-order valence-corrected chi connectivity index (χ4v) is 1.30. The first-order chi connectivity index (χ1) is 7.07. The van der Waals surface area contributed by atoms with E-state index in [-0.39, 0.29) is 5.41 Å². The second kappa shape index (κ2) is 4.51. The number of pyridine rings is 1. The van der Waals surface area contributed by atoms with Crippen molar-refractivity contribution in [1.29, 1.82) is 0 Å². The van der Waals surface area contributed by atoms with Crippen LogP contribution in [0.5, 0.6) is 0 Å². The highest BCUT2D eigenvalue weighted by Crippen LogP contribution is 2.29. The largest absolute Gasteiger partial charge is 0.235 e. The van der Waals surface area contributed by atoms with Crippen LogP contribution < -0.4 is 0 Å². The predicted molar refractivity (Wildman–Crippen MR) is 62.5 cm³/mol. The van der Waals surface area contributed by atoms with Crippen LogP contribution >= 0.6 is 0 Å². The van der Waals surface area contributed by atoms with Crippen LogP contribution in [0.1, 0.15) is 45.7 Å². The topological polar surface area (TPSA) is 37.6 Å². The van der Waals surface area contributed by atoms with E-state index in [9.17, 15) is 0 Å². The summed E-state index contributed by atoms with van der Waals surface area (Å²) < 4.78 is 0. The van der Waals surface area contributed by atoms with Crippen LogP contribution in [0.3, 0.4) is 0 Å². The summed E-state index contributed by atoms with van der Waals surface area (Å²) in [4.78, 5) is 4.27. The van der Waals surface area contributed by atoms with Crippen molar-refractivity contribution in [3.8, 4) is 0 Å². The van der Waals surface area contributed by atoms with E-state index < -0.39 is 0 Å². The molecule has 3 nitrogen and oxygen atoms in total. The van der Waals surface area contributed by atoms with E-state index >= 15 is 0 Å². The van der Waals surface area contributed by atoms with E-state index in [1.165, 1.54) is 5.56 Å². The molecule has 2 rings (SSSR count). The molecule has 0 N–H and O–H groups in total. The van der Waals surface area contributed by atoms with Gasteiger partial charge in [0.2, 0.25) is 0 Å². The third-order valence-corrected chi connectivity index (χ3v) is 2.22. The minimum absolute atomic E-state index is 0.157. The molecule has 0 aliphatic carbocycles. The molecular formula is C12H19N3. The highest BCUT2D eigenvalue weighted by Gasteiger charge is 2.17. The van der Waals surface area contributed by atoms with Crippen molar-refractivity contribution in [1.82, 2.24) is 4.98 Å². The fraction of sp³-hybridized carbons (Fsp3) is 0.583. The first-order valence-electron chi connectivity index (χ1n) is 5.44. The number of fused-ring (bicyclic) bond motifs is 1. The number of azo groups is 1. The van der Waals surface area contributed by atoms with Gasteiger partial charge in [-0.25, -0.2) is 4.98 Å². The van der Waals surface area contributed by atoms with E-state index in [0.29, 0.717) is 6.54 Å². The smallest absolute Gasteiger partial charge is 0.179 e. The Hall–Kier alpha value is -1.25. The van der Waals surface area contributed by atoms with Crippen molar-refractivity contribution in [2.75, 3.05) is 0 Å². The van der Waals surface area contributed by atoms with Gasteiger partial charge in [0.15, 0.2) is 5.82 Å². The van der Waals surface area contributed by atoms with Crippen LogP contribution in [0.2, 0.25) is 0 Å². The molecule has 0 fully saturated rings. The number of nitrogens with zero attached hydrogens (tertiary/aromatic N) is 3. The Labute approximate surface area is 91.7 Å². The summed E-state index contributed by atoms with van der Waals surface area (Å²) in [5.41, 5.74) is 2.55. The highest BCUT2D eigenvalue weighted by molar-refractivity contribution is 5.43. The number of aromatic nitrogens is 1. The Morgan fingerprint density at radius 1 is 1.20 bits per heavy atom. The highest BCUT2D eigenvalue weighted by atomic mass is 15.2. The van der Waals surface area contributed by atoms with E-state index in [0.717, 1.165) is 11.4 Å². The van der Waals surface area contributed by atoms with Crippen molar-refractivity contribution >= 4 is 5.82 Å². The van der Waals surface area contributed by atoms with Crippen molar-refractivity contribution in [3.05, 3.63) is 23.4 Å². The molecule has 15 heavy (non-hydrogen) atoms. The fourth-order valence-electron chi connectivity index (χ4n) is 1.30. The molecule has 0 radical (unpaired) electrons. The maximum atomic E-state index is 4.27. The number of hydrogen-bond donors (Lipinski definition) is 0. The molecule has 0 spiro atoms. The van der Waals surface area contributed by atoms with Crippen LogP contribution in [0.4, 0.5) is 5.82 Å². The van der Waals surface area contributed by atoms with Crippen LogP contribution in [-0.2, 0) is 12.0 Å². The first kappa shape index (κ1) is 11.8. The summed E-state index contributed by atoms with van der Waals surface area (Å²) in [5.74, 6) is 0.785. The molecule has 0 unspecified atom stereocenters. The Morgan fingerprint density at radius 3 is 2.47 bits per heavy atom. The molecule has 1 aromatic heterocycles. The maximum Gasteiger partial charge on any atom is 0.179 e. The average Bonchev–Trinajstić information content (AvgIpc) is 2.66. The second-order valence-electron chi connectivity index (χ2n) is 4.36. The third kappa shape index (κ3) is 2.61. The molecule has 0 saturated carbocycles. The quantitative estimate of drug-likeness (QED) is 0.630. The van der Waals surface area contributed by atoms with Crippen molar-refractivity contribution in [3.63, 3.8) is 0 Å². The molecule has 0 bridgehead atoms. The zero-order valence-electron chi connectivity index (χ0n) is 10.2. The maximum absolute atomic E-state index is 4.27. The molecule has 0 amide bonds. The Morgan fingerprint density at radius 2 is 1.87 bits per heavy atom. The van der Waals surface area contributed by atoms with Gasteiger partial charge >= 0.3 is 0 Å². The van der Waals surface area contributed by atoms with E-state index in [1.807, 2.05) is 20.0 Å². The molecule has 0 aromatic carbocycles. The van der Waals surface area contributed by atoms with Crippen LogP contribution in [0, 0.1) is 0 Å². The first-order valence-corrected chi connectivity index (χ1v) is 5.44. The van der Waals surface area contributed by atoms with E-state index in [1.54, 1.807) is 0 Å². The summed E-state index contributed by atoms with van der Waals surface area (Å²) in [6.07, 6.45) is 1.89. The van der Waals surface area contributed by atoms with Crippen LogP contribution in [0.25, 0.3) is 0 Å². The van der Waals surface area contributed by atoms with Gasteiger partial charge in [0.05, 0.1) is 6.54 Å². The Balaban J connectivity index is 0.000000531. The molecule has 1 aliphatic rings. The Kier molecular flexibility index (Phi) is 3.56. The zero-order chi connectivity index (χ0) is 11.5. The molecule has 82 valence electrons. The van der Waals surface area contributed by atoms with Gasteiger partial charge in [0.25, 0.3) is 0 Å². The van der Waals surface area contributed by atoms with Gasteiger partial charge in [0.1, 0.15) is 0 Å². The summed E-state index contributed by atoms with van der Waals surface area (Å²) in [6.45, 7) is 11.2. The normalized spacial score (nSPS) is 13.1. The van der Waals surface area contributed by atoms with Gasteiger partial charge in [-0.2, -0.15) is 5.11 Å². The third-order valence-electron chi connectivity index (χ3n) is 2.22. The minimum atomic E-state index is 0.157. The van der Waals surface area contributed by atoms with Gasteiger partial charge in [-0.1, -0.05) is 34.6 Å².